The van der Waals surface area contributed by atoms with E-state index in [9.17, 15) is 9.59 Å². The lowest BCUT2D eigenvalue weighted by molar-refractivity contribution is -0.121. The van der Waals surface area contributed by atoms with Crippen LogP contribution in [0.3, 0.4) is 0 Å². The van der Waals surface area contributed by atoms with Crippen LogP contribution in [-0.4, -0.2) is 97.6 Å². The summed E-state index contributed by atoms with van der Waals surface area (Å²) >= 11 is 6.39. The minimum atomic E-state index is -0.738. The monoisotopic (exact) mass is 564 g/mol. The summed E-state index contributed by atoms with van der Waals surface area (Å²) in [4.78, 5) is 39.8. The van der Waals surface area contributed by atoms with Crippen LogP contribution in [0.25, 0.3) is 10.9 Å². The van der Waals surface area contributed by atoms with E-state index in [-0.39, 0.29) is 23.8 Å². The fourth-order valence-corrected chi connectivity index (χ4v) is 6.47. The maximum atomic E-state index is 14.6. The number of anilines is 1. The van der Waals surface area contributed by atoms with Gasteiger partial charge in [-0.2, -0.15) is 0 Å². The van der Waals surface area contributed by atoms with Crippen LogP contribution in [0.4, 0.5) is 10.5 Å². The van der Waals surface area contributed by atoms with Crippen molar-refractivity contribution in [2.24, 2.45) is 5.92 Å². The summed E-state index contributed by atoms with van der Waals surface area (Å²) in [6, 6.07) is 12.9. The van der Waals surface area contributed by atoms with Gasteiger partial charge in [0, 0.05) is 73.0 Å². The number of urea groups is 1. The van der Waals surface area contributed by atoms with E-state index in [0.717, 1.165) is 60.3 Å². The summed E-state index contributed by atoms with van der Waals surface area (Å²) in [5.74, 6) is -0.0911. The lowest BCUT2D eigenvalue weighted by atomic mass is 9.88. The molecule has 0 saturated carbocycles. The molecular formula is C31H41ClN6O2. The lowest BCUT2D eigenvalue weighted by Crippen LogP contribution is -2.58. The molecule has 0 bridgehead atoms. The van der Waals surface area contributed by atoms with Gasteiger partial charge in [-0.25, -0.2) is 4.79 Å². The van der Waals surface area contributed by atoms with E-state index >= 15 is 0 Å². The molecule has 1 aromatic heterocycles. The number of likely N-dealkylation sites (N-methyl/N-ethyl adjacent to an activating group) is 1. The zero-order valence-electron chi connectivity index (χ0n) is 24.0. The minimum absolute atomic E-state index is 0.0923. The van der Waals surface area contributed by atoms with Crippen LogP contribution >= 0.6 is 11.6 Å². The van der Waals surface area contributed by atoms with Crippen molar-refractivity contribution in [3.63, 3.8) is 0 Å². The molecule has 2 aromatic carbocycles. The Morgan fingerprint density at radius 1 is 1.12 bits per heavy atom. The van der Waals surface area contributed by atoms with Gasteiger partial charge in [0.15, 0.2) is 0 Å². The highest BCUT2D eigenvalue weighted by Gasteiger charge is 2.38. The maximum Gasteiger partial charge on any atom is 0.318 e. The fourth-order valence-electron chi connectivity index (χ4n) is 6.27. The van der Waals surface area contributed by atoms with Crippen molar-refractivity contribution < 1.29 is 9.59 Å². The van der Waals surface area contributed by atoms with Gasteiger partial charge in [0.2, 0.25) is 5.91 Å². The Kier molecular flexibility index (Phi) is 8.68. The van der Waals surface area contributed by atoms with Crippen LogP contribution in [0.15, 0.2) is 48.7 Å². The Morgan fingerprint density at radius 3 is 2.60 bits per heavy atom. The second-order valence-electron chi connectivity index (χ2n) is 11.5. The van der Waals surface area contributed by atoms with Crippen LogP contribution < -0.4 is 10.2 Å². The summed E-state index contributed by atoms with van der Waals surface area (Å²) < 4.78 is 0. The molecule has 3 heterocycles. The zero-order chi connectivity index (χ0) is 28.4. The number of aromatic amines is 1. The summed E-state index contributed by atoms with van der Waals surface area (Å²) in [5, 5.41) is 4.93. The number of nitrogens with zero attached hydrogens (tertiary/aromatic N) is 4. The lowest BCUT2D eigenvalue weighted by Gasteiger charge is -2.40. The first-order valence-corrected chi connectivity index (χ1v) is 14.7. The predicted molar refractivity (Wildman–Crippen MR) is 162 cm³/mol. The molecule has 1 saturated heterocycles. The Morgan fingerprint density at radius 2 is 1.88 bits per heavy atom. The summed E-state index contributed by atoms with van der Waals surface area (Å²) in [7, 11) is 4.11. The Bertz CT molecular complexity index is 1350. The number of halogens is 1. The number of amides is 3. The van der Waals surface area contributed by atoms with Crippen molar-refractivity contribution in [2.75, 3.05) is 64.8 Å². The molecule has 3 amide bonds. The number of benzene rings is 2. The van der Waals surface area contributed by atoms with Crippen molar-refractivity contribution in [2.45, 2.75) is 32.2 Å². The first-order chi connectivity index (χ1) is 19.2. The topological polar surface area (TPSA) is 74.9 Å². The fraction of sp³-hybridized carbons (Fsp3) is 0.484. The van der Waals surface area contributed by atoms with Crippen molar-refractivity contribution in [3.05, 3.63) is 64.8 Å². The van der Waals surface area contributed by atoms with Gasteiger partial charge < -0.3 is 29.9 Å². The minimum Gasteiger partial charge on any atom is -0.361 e. The van der Waals surface area contributed by atoms with Crippen LogP contribution in [0.1, 0.15) is 30.9 Å². The van der Waals surface area contributed by atoms with E-state index in [2.05, 4.69) is 47.2 Å². The molecule has 2 N–H and O–H groups in total. The number of piperazine rings is 1. The van der Waals surface area contributed by atoms with Crippen LogP contribution in [-0.2, 0) is 11.2 Å². The molecule has 40 heavy (non-hydrogen) atoms. The van der Waals surface area contributed by atoms with Crippen LogP contribution in [0.5, 0.6) is 0 Å². The number of rotatable bonds is 7. The molecule has 9 heteroatoms. The Balaban J connectivity index is 1.48. The van der Waals surface area contributed by atoms with Crippen molar-refractivity contribution in [1.29, 1.82) is 0 Å². The molecule has 1 fully saturated rings. The molecule has 0 spiro atoms. The van der Waals surface area contributed by atoms with Crippen molar-refractivity contribution in [3.8, 4) is 0 Å². The predicted octanol–water partition coefficient (Wildman–Crippen LogP) is 4.41. The molecule has 5 rings (SSSR count). The Labute approximate surface area is 242 Å². The molecule has 2 aliphatic heterocycles. The zero-order valence-corrected chi connectivity index (χ0v) is 24.7. The molecule has 0 radical (unpaired) electrons. The Hall–Kier alpha value is -3.07. The van der Waals surface area contributed by atoms with Gasteiger partial charge in [0.25, 0.3) is 0 Å². The highest BCUT2D eigenvalue weighted by Crippen LogP contribution is 2.35. The number of carbonyl (C=O) groups excluding carboxylic acids is 2. The van der Waals surface area contributed by atoms with E-state index in [0.29, 0.717) is 24.7 Å². The normalized spacial score (nSPS) is 19.5. The molecule has 2 unspecified atom stereocenters. The number of fused-ring (bicyclic) bond motifs is 2. The average molecular weight is 565 g/mol. The highest BCUT2D eigenvalue weighted by molar-refractivity contribution is 6.30. The summed E-state index contributed by atoms with van der Waals surface area (Å²) in [6.07, 6.45) is 2.83. The van der Waals surface area contributed by atoms with Gasteiger partial charge >= 0.3 is 6.03 Å². The first kappa shape index (κ1) is 28.5. The first-order valence-electron chi connectivity index (χ1n) is 14.3. The van der Waals surface area contributed by atoms with Crippen molar-refractivity contribution >= 4 is 40.1 Å². The van der Waals surface area contributed by atoms with Gasteiger partial charge in [-0.15, -0.1) is 0 Å². The smallest absolute Gasteiger partial charge is 0.318 e. The number of para-hydroxylation sites is 1. The van der Waals surface area contributed by atoms with Gasteiger partial charge in [0.1, 0.15) is 6.04 Å². The molecule has 3 aromatic rings. The molecule has 3 atom stereocenters. The quantitative estimate of drug-likeness (QED) is 0.446. The van der Waals surface area contributed by atoms with Gasteiger partial charge in [0.05, 0.1) is 0 Å². The molecular weight excluding hydrogens is 524 g/mol. The van der Waals surface area contributed by atoms with E-state index < -0.39 is 6.04 Å². The second kappa shape index (κ2) is 12.2. The van der Waals surface area contributed by atoms with E-state index in [1.54, 1.807) is 0 Å². The number of carbonyl (C=O) groups is 2. The van der Waals surface area contributed by atoms with Crippen LogP contribution in [0, 0.1) is 5.92 Å². The van der Waals surface area contributed by atoms with Crippen molar-refractivity contribution in [1.82, 2.24) is 25.0 Å². The summed E-state index contributed by atoms with van der Waals surface area (Å²) in [5.41, 5.74) is 3.98. The number of nitrogens with one attached hydrogen (secondary N) is 2. The largest absolute Gasteiger partial charge is 0.361 e. The van der Waals surface area contributed by atoms with Crippen LogP contribution in [0.2, 0.25) is 5.02 Å². The molecule has 2 aliphatic rings. The molecule has 8 nitrogen and oxygen atoms in total. The number of hydrogen-bond acceptors (Lipinski definition) is 4. The molecule has 214 valence electrons. The van der Waals surface area contributed by atoms with E-state index in [4.69, 9.17) is 11.6 Å². The SMILES string of the molecule is CCN1CCN(C(=O)NC(C(=O)N2C[C@@H](CN(C)C)Cc3cc(Cl)ccc32)C(C)c2c[nH]c3ccccc23)CC1. The van der Waals surface area contributed by atoms with Gasteiger partial charge in [-0.1, -0.05) is 43.6 Å². The standard InChI is InChI=1S/C31H41ClN6O2/c1-5-36-12-14-37(15-13-36)31(40)34-29(21(2)26-18-33-27-9-7-6-8-25(26)27)30(39)38-20-22(19-35(3)4)16-23-17-24(32)10-11-28(23)38/h6-11,17-18,21-22,29,33H,5,12-16,19-20H2,1-4H3,(H,34,40)/t21?,22-,29?/m1/s1. The number of hydrogen-bond donors (Lipinski definition) is 2. The number of H-pyrrole nitrogens is 1. The second-order valence-corrected chi connectivity index (χ2v) is 11.9. The van der Waals surface area contributed by atoms with Gasteiger partial charge in [-0.3, -0.25) is 4.79 Å². The third-order valence-corrected chi connectivity index (χ3v) is 8.67. The third kappa shape index (κ3) is 5.99. The highest BCUT2D eigenvalue weighted by atomic mass is 35.5. The maximum absolute atomic E-state index is 14.6. The summed E-state index contributed by atoms with van der Waals surface area (Å²) in [6.45, 7) is 9.58. The van der Waals surface area contributed by atoms with E-state index in [1.165, 1.54) is 0 Å². The number of aromatic nitrogens is 1. The van der Waals surface area contributed by atoms with Gasteiger partial charge in [-0.05, 0) is 68.4 Å². The molecule has 0 aliphatic carbocycles. The average Bonchev–Trinajstić information content (AvgIpc) is 3.38. The third-order valence-electron chi connectivity index (χ3n) is 8.43. The van der Waals surface area contributed by atoms with E-state index in [1.807, 2.05) is 59.3 Å².